The van der Waals surface area contributed by atoms with E-state index < -0.39 is 22.0 Å². The molecule has 3 rings (SSSR count). The number of sulfonamides is 1. The smallest absolute Gasteiger partial charge is 0.322 e. The minimum atomic E-state index is -3.83. The molecule has 2 unspecified atom stereocenters. The minimum Gasteiger partial charge on any atom is -0.493 e. The lowest BCUT2D eigenvalue weighted by Crippen LogP contribution is -2.51. The summed E-state index contributed by atoms with van der Waals surface area (Å²) in [7, 11) is -3.83. The van der Waals surface area contributed by atoms with Crippen LogP contribution in [0.2, 0.25) is 0 Å². The summed E-state index contributed by atoms with van der Waals surface area (Å²) in [6.45, 7) is 2.68. The summed E-state index contributed by atoms with van der Waals surface area (Å²) in [4.78, 5) is 11.7. The highest BCUT2D eigenvalue weighted by atomic mass is 32.2. The Balaban J connectivity index is 1.98. The molecule has 6 nitrogen and oxygen atoms in total. The molecule has 0 aliphatic carbocycles. The maximum absolute atomic E-state index is 13.0. The highest BCUT2D eigenvalue weighted by molar-refractivity contribution is 7.89. The van der Waals surface area contributed by atoms with Crippen molar-refractivity contribution < 1.29 is 23.1 Å². The molecule has 23 heavy (non-hydrogen) atoms. The van der Waals surface area contributed by atoms with Crippen molar-refractivity contribution in [2.24, 2.45) is 5.92 Å². The van der Waals surface area contributed by atoms with Gasteiger partial charge in [0.1, 0.15) is 11.8 Å². The van der Waals surface area contributed by atoms with Gasteiger partial charge < -0.3 is 9.84 Å². The predicted octanol–water partition coefficient (Wildman–Crippen LogP) is 1.89. The van der Waals surface area contributed by atoms with Gasteiger partial charge in [-0.15, -0.1) is 0 Å². The molecule has 1 saturated heterocycles. The number of rotatable bonds is 3. The molecule has 0 aromatic heterocycles. The molecule has 1 N–H and O–H groups in total. The number of aliphatic carboxylic acids is 1. The largest absolute Gasteiger partial charge is 0.493 e. The lowest BCUT2D eigenvalue weighted by atomic mass is 9.93. The number of aryl methyl sites for hydroxylation is 1. The quantitative estimate of drug-likeness (QED) is 0.909. The standard InChI is InChI=1S/C16H21NO5S/c1-11-4-2-8-17(15(11)16(18)19)23(20,21)13-6-7-14-12(10-13)5-3-9-22-14/h6-7,10-11,15H,2-5,8-9H2,1H3,(H,18,19). The van der Waals surface area contributed by atoms with Crippen LogP contribution in [-0.2, 0) is 21.2 Å². The monoisotopic (exact) mass is 339 g/mol. The van der Waals surface area contributed by atoms with Gasteiger partial charge in [-0.05, 0) is 55.4 Å². The summed E-state index contributed by atoms with van der Waals surface area (Å²) in [5.74, 6) is -0.559. The van der Waals surface area contributed by atoms with Crippen molar-refractivity contribution in [2.45, 2.75) is 43.5 Å². The highest BCUT2D eigenvalue weighted by Gasteiger charge is 2.41. The van der Waals surface area contributed by atoms with Crippen LogP contribution in [0.3, 0.4) is 0 Å². The van der Waals surface area contributed by atoms with Gasteiger partial charge >= 0.3 is 5.97 Å². The van der Waals surface area contributed by atoms with E-state index in [1.807, 2.05) is 0 Å². The Kier molecular flexibility index (Phi) is 4.33. The van der Waals surface area contributed by atoms with E-state index >= 15 is 0 Å². The van der Waals surface area contributed by atoms with Crippen LogP contribution in [0.1, 0.15) is 31.7 Å². The maximum Gasteiger partial charge on any atom is 0.322 e. The fourth-order valence-electron chi connectivity index (χ4n) is 3.42. The van der Waals surface area contributed by atoms with Crippen molar-refractivity contribution in [3.05, 3.63) is 23.8 Å². The number of carbonyl (C=O) groups is 1. The molecule has 7 heteroatoms. The van der Waals surface area contributed by atoms with Crippen LogP contribution in [0.25, 0.3) is 0 Å². The molecule has 0 bridgehead atoms. The second-order valence-corrected chi connectivity index (χ2v) is 8.13. The molecule has 2 aliphatic heterocycles. The average Bonchev–Trinajstić information content (AvgIpc) is 2.53. The molecule has 2 atom stereocenters. The molecule has 0 radical (unpaired) electrons. The summed E-state index contributed by atoms with van der Waals surface area (Å²) in [6.07, 6.45) is 3.03. The van der Waals surface area contributed by atoms with Crippen LogP contribution in [0.4, 0.5) is 0 Å². The van der Waals surface area contributed by atoms with Crippen LogP contribution >= 0.6 is 0 Å². The lowest BCUT2D eigenvalue weighted by molar-refractivity contribution is -0.144. The molecule has 0 saturated carbocycles. The van der Waals surface area contributed by atoms with Gasteiger partial charge in [-0.1, -0.05) is 6.92 Å². The third kappa shape index (κ3) is 2.95. The zero-order valence-electron chi connectivity index (χ0n) is 13.1. The summed E-state index contributed by atoms with van der Waals surface area (Å²) >= 11 is 0. The van der Waals surface area contributed by atoms with Gasteiger partial charge in [0.05, 0.1) is 11.5 Å². The summed E-state index contributed by atoms with van der Waals surface area (Å²) in [5.41, 5.74) is 0.870. The third-order valence-electron chi connectivity index (χ3n) is 4.63. The SMILES string of the molecule is CC1CCCN(S(=O)(=O)c2ccc3c(c2)CCCO3)C1C(=O)O. The van der Waals surface area contributed by atoms with Crippen molar-refractivity contribution in [1.29, 1.82) is 0 Å². The molecule has 2 heterocycles. The van der Waals surface area contributed by atoms with E-state index in [0.717, 1.165) is 34.9 Å². The van der Waals surface area contributed by atoms with Crippen molar-refractivity contribution in [3.63, 3.8) is 0 Å². The number of carboxylic acid groups (broad SMARTS) is 1. The number of fused-ring (bicyclic) bond motifs is 1. The molecule has 0 amide bonds. The van der Waals surface area contributed by atoms with Crippen molar-refractivity contribution >= 4 is 16.0 Å². The minimum absolute atomic E-state index is 0.155. The van der Waals surface area contributed by atoms with Crippen LogP contribution in [0, 0.1) is 5.92 Å². The van der Waals surface area contributed by atoms with E-state index in [4.69, 9.17) is 4.74 Å². The molecule has 1 fully saturated rings. The van der Waals surface area contributed by atoms with E-state index in [-0.39, 0.29) is 17.4 Å². The Hall–Kier alpha value is -1.60. The molecule has 0 spiro atoms. The number of hydrogen-bond donors (Lipinski definition) is 1. The van der Waals surface area contributed by atoms with Gasteiger partial charge in [0.25, 0.3) is 0 Å². The van der Waals surface area contributed by atoms with Crippen molar-refractivity contribution in [3.8, 4) is 5.75 Å². The van der Waals surface area contributed by atoms with E-state index in [1.165, 1.54) is 6.07 Å². The first kappa shape index (κ1) is 16.3. The molecule has 1 aromatic carbocycles. The number of carboxylic acids is 1. The fraction of sp³-hybridized carbons (Fsp3) is 0.562. The molecule has 1 aromatic rings. The first-order valence-corrected chi connectivity index (χ1v) is 9.35. The van der Waals surface area contributed by atoms with Crippen LogP contribution in [0.5, 0.6) is 5.75 Å². The Bertz CT molecular complexity index is 715. The van der Waals surface area contributed by atoms with Crippen LogP contribution in [-0.4, -0.2) is 43.0 Å². The van der Waals surface area contributed by atoms with Gasteiger partial charge in [0, 0.05) is 6.54 Å². The fourth-order valence-corrected chi connectivity index (χ4v) is 5.19. The van der Waals surface area contributed by atoms with Gasteiger partial charge in [0.15, 0.2) is 0 Å². The zero-order valence-corrected chi connectivity index (χ0v) is 13.9. The van der Waals surface area contributed by atoms with Gasteiger partial charge in [-0.25, -0.2) is 8.42 Å². The van der Waals surface area contributed by atoms with E-state index in [2.05, 4.69) is 0 Å². The Morgan fingerprint density at radius 3 is 2.87 bits per heavy atom. The van der Waals surface area contributed by atoms with Crippen LogP contribution < -0.4 is 4.74 Å². The Morgan fingerprint density at radius 1 is 1.35 bits per heavy atom. The van der Waals surface area contributed by atoms with Crippen molar-refractivity contribution in [1.82, 2.24) is 4.31 Å². The van der Waals surface area contributed by atoms with E-state index in [9.17, 15) is 18.3 Å². The van der Waals surface area contributed by atoms with E-state index in [1.54, 1.807) is 19.1 Å². The second-order valence-electron chi connectivity index (χ2n) is 6.24. The molecular weight excluding hydrogens is 318 g/mol. The van der Waals surface area contributed by atoms with E-state index in [0.29, 0.717) is 13.0 Å². The van der Waals surface area contributed by atoms with Gasteiger partial charge in [-0.3, -0.25) is 4.79 Å². The van der Waals surface area contributed by atoms with Crippen molar-refractivity contribution in [2.75, 3.05) is 13.2 Å². The Labute approximate surface area is 136 Å². The summed E-state index contributed by atoms with van der Waals surface area (Å²) in [5, 5.41) is 9.46. The summed E-state index contributed by atoms with van der Waals surface area (Å²) in [6, 6.07) is 3.81. The zero-order chi connectivity index (χ0) is 16.6. The first-order chi connectivity index (χ1) is 10.9. The normalized spacial score (nSPS) is 25.4. The predicted molar refractivity (Wildman–Crippen MR) is 84.0 cm³/mol. The summed E-state index contributed by atoms with van der Waals surface area (Å²) < 4.78 is 32.6. The highest BCUT2D eigenvalue weighted by Crippen LogP contribution is 2.32. The van der Waals surface area contributed by atoms with Crippen LogP contribution in [0.15, 0.2) is 23.1 Å². The molecule has 126 valence electrons. The topological polar surface area (TPSA) is 83.9 Å². The third-order valence-corrected chi connectivity index (χ3v) is 6.50. The number of hydrogen-bond acceptors (Lipinski definition) is 4. The number of ether oxygens (including phenoxy) is 1. The average molecular weight is 339 g/mol. The number of benzene rings is 1. The van der Waals surface area contributed by atoms with Gasteiger partial charge in [0.2, 0.25) is 10.0 Å². The number of piperidine rings is 1. The first-order valence-electron chi connectivity index (χ1n) is 7.91. The molecular formula is C16H21NO5S. The lowest BCUT2D eigenvalue weighted by Gasteiger charge is -2.36. The second kappa shape index (κ2) is 6.13. The Morgan fingerprint density at radius 2 is 2.13 bits per heavy atom. The maximum atomic E-state index is 13.0. The van der Waals surface area contributed by atoms with Gasteiger partial charge in [-0.2, -0.15) is 4.31 Å². The molecule has 2 aliphatic rings. The number of nitrogens with zero attached hydrogens (tertiary/aromatic N) is 1.